The number of anilines is 3. The van der Waals surface area contributed by atoms with Gasteiger partial charge in [0.15, 0.2) is 17.5 Å². The molecule has 4 unspecified atom stereocenters. The highest BCUT2D eigenvalue weighted by Gasteiger charge is 2.26. The highest BCUT2D eigenvalue weighted by Crippen LogP contribution is 2.26. The minimum Gasteiger partial charge on any atom is -0.508 e. The van der Waals surface area contributed by atoms with E-state index in [2.05, 4.69) is 82.3 Å². The molecule has 8 aromatic rings. The number of pyridine rings is 3. The van der Waals surface area contributed by atoms with Crippen LogP contribution in [-0.2, 0) is 16.0 Å². The van der Waals surface area contributed by atoms with Crippen LogP contribution in [0.25, 0.3) is 44.1 Å². The lowest BCUT2D eigenvalue weighted by molar-refractivity contribution is -0.122. The van der Waals surface area contributed by atoms with Crippen LogP contribution in [0, 0.1) is 0 Å². The number of H-pyrrole nitrogens is 3. The topological polar surface area (TPSA) is 329 Å². The fourth-order valence-corrected chi connectivity index (χ4v) is 8.82. The molecule has 7 heterocycles. The number of aromatic hydroxyl groups is 1. The van der Waals surface area contributed by atoms with Crippen molar-refractivity contribution < 1.29 is 19.2 Å². The molecule has 23 heteroatoms. The van der Waals surface area contributed by atoms with E-state index in [9.17, 15) is 29.1 Å². The fourth-order valence-electron chi connectivity index (χ4n) is 8.82. The molecule has 2 aliphatic carbocycles. The van der Waals surface area contributed by atoms with Gasteiger partial charge < -0.3 is 36.2 Å². The van der Waals surface area contributed by atoms with E-state index >= 15 is 0 Å². The standard InChI is InChI=1S/C24H25N7O4.C23H25N9O3/c32-17-8-6-14(7-9-17)22-28-20(35-31-22)11-10-19(33)26-15-3-1-4-16(13-15)27-23-21-18(5-2-12-25-21)24(34)30-29-23;33-17(8-11-26-20-15-6-2-10-25-19(15)23(35)32-29-20)27-13-4-1-5-14(12-13)28-21-18-16(7-3-9-24-18)22(34)31-30-21/h2,5-9,12,15-16,32H,1,3-4,10-11,13H2,(H,26,33)(H,27,29)(H,30,34);2-3,6-7,9-10,13-14H,1,4-5,8,11-12H2,(H,26,29)(H,27,33)(H,28,30)(H,31,34)(H,32,35). The average molecular weight is 951 g/mol. The number of rotatable bonds is 14. The second kappa shape index (κ2) is 21.5. The van der Waals surface area contributed by atoms with Gasteiger partial charge in [-0.3, -0.25) is 38.9 Å². The molecule has 2 amide bonds. The first-order valence-corrected chi connectivity index (χ1v) is 23.1. The van der Waals surface area contributed by atoms with Gasteiger partial charge in [0.25, 0.3) is 16.7 Å². The number of nitrogens with one attached hydrogen (secondary N) is 8. The summed E-state index contributed by atoms with van der Waals surface area (Å²) in [4.78, 5) is 78.0. The first kappa shape index (κ1) is 46.5. The number of phenols is 1. The summed E-state index contributed by atoms with van der Waals surface area (Å²) in [6.07, 6.45) is 12.7. The zero-order chi connectivity index (χ0) is 48.4. The summed E-state index contributed by atoms with van der Waals surface area (Å²) in [6, 6.07) is 17.1. The van der Waals surface area contributed by atoms with Gasteiger partial charge in [-0.15, -0.1) is 0 Å². The molecule has 0 radical (unpaired) electrons. The predicted molar refractivity (Wildman–Crippen MR) is 259 cm³/mol. The lowest BCUT2D eigenvalue weighted by atomic mass is 9.90. The number of aromatic amines is 3. The SMILES string of the molecule is O=C(CCNc1n[nH]c(=O)c2ncccc12)NC1CCCC(Nc2n[nH]c(=O)c3cccnc23)C1.O=C(CCc1nc(-c2ccc(O)cc2)no1)NC1CCCC(Nc2n[nH]c(=O)c3cccnc23)C1. The quantitative estimate of drug-likeness (QED) is 0.0748. The molecule has 10 rings (SSSR count). The Balaban J connectivity index is 0.000000174. The smallest absolute Gasteiger partial charge is 0.290 e. The molecule has 9 N–H and O–H groups in total. The number of benzene rings is 1. The molecule has 0 saturated heterocycles. The lowest BCUT2D eigenvalue weighted by Crippen LogP contribution is -2.42. The number of amides is 2. The number of fused-ring (bicyclic) bond motifs is 3. The molecule has 4 atom stereocenters. The summed E-state index contributed by atoms with van der Waals surface area (Å²) < 4.78 is 5.26. The summed E-state index contributed by atoms with van der Waals surface area (Å²) in [5.41, 5.74) is 1.19. The van der Waals surface area contributed by atoms with Crippen molar-refractivity contribution in [2.24, 2.45) is 0 Å². The van der Waals surface area contributed by atoms with Crippen molar-refractivity contribution in [1.29, 1.82) is 0 Å². The van der Waals surface area contributed by atoms with Gasteiger partial charge >= 0.3 is 0 Å². The highest BCUT2D eigenvalue weighted by molar-refractivity contribution is 5.89. The van der Waals surface area contributed by atoms with E-state index in [-0.39, 0.29) is 71.3 Å². The summed E-state index contributed by atoms with van der Waals surface area (Å²) in [6.45, 7) is 0.363. The Hall–Kier alpha value is -8.63. The van der Waals surface area contributed by atoms with Gasteiger partial charge in [-0.2, -0.15) is 20.3 Å². The minimum atomic E-state index is -0.356. The number of phenolic OH excluding ortho intramolecular Hbond substituents is 1. The number of aryl methyl sites for hydroxylation is 1. The number of carbonyl (C=O) groups excluding carboxylic acids is 2. The molecular formula is C47H50N16O7. The Morgan fingerprint density at radius 1 is 0.614 bits per heavy atom. The normalized spacial score (nSPS) is 17.8. The predicted octanol–water partition coefficient (Wildman–Crippen LogP) is 3.84. The molecule has 360 valence electrons. The van der Waals surface area contributed by atoms with Gasteiger partial charge in [-0.1, -0.05) is 5.16 Å². The van der Waals surface area contributed by atoms with E-state index in [1.807, 2.05) is 0 Å². The van der Waals surface area contributed by atoms with Crippen LogP contribution in [0.5, 0.6) is 5.75 Å². The molecule has 2 aliphatic rings. The van der Waals surface area contributed by atoms with Crippen molar-refractivity contribution in [1.82, 2.24) is 66.3 Å². The molecule has 0 bridgehead atoms. The third kappa shape index (κ3) is 11.4. The van der Waals surface area contributed by atoms with Gasteiger partial charge in [-0.25, -0.2) is 15.3 Å². The monoisotopic (exact) mass is 950 g/mol. The molecule has 0 spiro atoms. The maximum absolute atomic E-state index is 12.6. The van der Waals surface area contributed by atoms with Crippen LogP contribution in [0.3, 0.4) is 0 Å². The van der Waals surface area contributed by atoms with Crippen LogP contribution in [0.2, 0.25) is 0 Å². The van der Waals surface area contributed by atoms with E-state index in [4.69, 9.17) is 4.52 Å². The summed E-state index contributed by atoms with van der Waals surface area (Å²) in [7, 11) is 0. The zero-order valence-electron chi connectivity index (χ0n) is 37.8. The first-order valence-electron chi connectivity index (χ1n) is 23.1. The molecule has 1 aromatic carbocycles. The Bertz CT molecular complexity index is 3300. The van der Waals surface area contributed by atoms with Crippen LogP contribution < -0.4 is 43.3 Å². The van der Waals surface area contributed by atoms with Crippen molar-refractivity contribution in [3.05, 3.63) is 116 Å². The number of nitrogens with zero attached hydrogens (tertiary/aromatic N) is 8. The van der Waals surface area contributed by atoms with Crippen LogP contribution in [0.1, 0.15) is 70.1 Å². The fraction of sp³-hybridized carbons (Fsp3) is 0.340. The zero-order valence-corrected chi connectivity index (χ0v) is 37.8. The Morgan fingerprint density at radius 2 is 1.13 bits per heavy atom. The molecular weight excluding hydrogens is 901 g/mol. The first-order chi connectivity index (χ1) is 34.1. The van der Waals surface area contributed by atoms with Gasteiger partial charge in [0.05, 0.1) is 16.2 Å². The molecule has 2 saturated carbocycles. The third-order valence-electron chi connectivity index (χ3n) is 12.2. The maximum atomic E-state index is 12.6. The largest absolute Gasteiger partial charge is 0.508 e. The molecule has 70 heavy (non-hydrogen) atoms. The van der Waals surface area contributed by atoms with Crippen LogP contribution in [-0.4, -0.2) is 103 Å². The third-order valence-corrected chi connectivity index (χ3v) is 12.2. The Kier molecular flexibility index (Phi) is 14.3. The molecule has 0 aliphatic heterocycles. The lowest BCUT2D eigenvalue weighted by Gasteiger charge is -2.30. The molecule has 2 fully saturated rings. The summed E-state index contributed by atoms with van der Waals surface area (Å²) in [5.74, 6) is 2.38. The van der Waals surface area contributed by atoms with Crippen LogP contribution in [0.15, 0.2) is 98.2 Å². The number of aromatic nitrogens is 11. The van der Waals surface area contributed by atoms with E-state index in [0.717, 1.165) is 56.9 Å². The molecule has 7 aromatic heterocycles. The van der Waals surface area contributed by atoms with Gasteiger partial charge in [-0.05, 0) is 112 Å². The number of hydrogen-bond donors (Lipinski definition) is 9. The Labute approximate surface area is 397 Å². The van der Waals surface area contributed by atoms with Gasteiger partial charge in [0.1, 0.15) is 22.3 Å². The van der Waals surface area contributed by atoms with Crippen LogP contribution >= 0.6 is 0 Å². The second-order valence-electron chi connectivity index (χ2n) is 17.2. The van der Waals surface area contributed by atoms with Crippen molar-refractivity contribution >= 4 is 62.0 Å². The maximum Gasteiger partial charge on any atom is 0.290 e. The van der Waals surface area contributed by atoms with Crippen molar-refractivity contribution in [3.63, 3.8) is 0 Å². The van der Waals surface area contributed by atoms with E-state index in [1.54, 1.807) is 79.3 Å². The van der Waals surface area contributed by atoms with Crippen LogP contribution in [0.4, 0.5) is 17.5 Å². The number of hydrogen-bond acceptors (Lipinski definition) is 18. The van der Waals surface area contributed by atoms with E-state index < -0.39 is 0 Å². The molecule has 23 nitrogen and oxygen atoms in total. The summed E-state index contributed by atoms with van der Waals surface area (Å²) >= 11 is 0. The highest BCUT2D eigenvalue weighted by atomic mass is 16.5. The van der Waals surface area contributed by atoms with Gasteiger partial charge in [0, 0.05) is 74.1 Å². The second-order valence-corrected chi connectivity index (χ2v) is 17.2. The number of carbonyl (C=O) groups is 2. The Morgan fingerprint density at radius 3 is 1.73 bits per heavy atom. The minimum absolute atomic E-state index is 0.0333. The van der Waals surface area contributed by atoms with Crippen molar-refractivity contribution in [2.45, 2.75) is 94.8 Å². The van der Waals surface area contributed by atoms with Crippen molar-refractivity contribution in [3.8, 4) is 17.1 Å². The van der Waals surface area contributed by atoms with Crippen molar-refractivity contribution in [2.75, 3.05) is 22.5 Å². The van der Waals surface area contributed by atoms with E-state index in [0.29, 0.717) is 74.8 Å². The summed E-state index contributed by atoms with van der Waals surface area (Å²) in [5, 5.41) is 50.8. The van der Waals surface area contributed by atoms with Gasteiger partial charge in [0.2, 0.25) is 23.5 Å². The van der Waals surface area contributed by atoms with E-state index in [1.165, 1.54) is 0 Å². The average Bonchev–Trinajstić information content (AvgIpc) is 3.86.